The molecule has 0 aliphatic heterocycles. The summed E-state index contributed by atoms with van der Waals surface area (Å²) in [4.78, 5) is 0. The minimum Gasteiger partial charge on any atom is -0.330 e. The van der Waals surface area contributed by atoms with Gasteiger partial charge in [0.2, 0.25) is 0 Å². The fraction of sp³-hybridized carbons (Fsp3) is 0.333. The third kappa shape index (κ3) is 5.32. The summed E-state index contributed by atoms with van der Waals surface area (Å²) in [5.41, 5.74) is 7.42. The maximum Gasteiger partial charge on any atom is -0.00369 e. The van der Waals surface area contributed by atoms with E-state index in [9.17, 15) is 0 Å². The quantitative estimate of drug-likeness (QED) is 0.589. The van der Waals surface area contributed by atoms with E-state index in [4.69, 9.17) is 5.73 Å². The fourth-order valence-corrected chi connectivity index (χ4v) is 0.529. The van der Waals surface area contributed by atoms with Crippen molar-refractivity contribution in [3.05, 3.63) is 36.5 Å². The summed E-state index contributed by atoms with van der Waals surface area (Å²) in [5, 5.41) is 0. The van der Waals surface area contributed by atoms with E-state index in [-0.39, 0.29) is 0 Å². The molecule has 0 aliphatic carbocycles. The maximum absolute atomic E-state index is 5.32. The number of allylic oxidation sites excluding steroid dienone is 3. The lowest BCUT2D eigenvalue weighted by atomic mass is 10.2. The Hall–Kier alpha value is -0.820. The van der Waals surface area contributed by atoms with Crippen LogP contribution in [-0.2, 0) is 0 Å². The second-order valence-electron chi connectivity index (χ2n) is 2.38. The SMILES string of the molecule is C=C(C)/C=C\C(=C)CCN. The highest BCUT2D eigenvalue weighted by atomic mass is 14.5. The van der Waals surface area contributed by atoms with Gasteiger partial charge in [-0.05, 0) is 19.9 Å². The predicted octanol–water partition coefficient (Wildman–Crippen LogP) is 2.02. The highest BCUT2D eigenvalue weighted by molar-refractivity contribution is 5.22. The van der Waals surface area contributed by atoms with Gasteiger partial charge in [0.05, 0.1) is 0 Å². The molecule has 1 nitrogen and oxygen atoms in total. The Bertz CT molecular complexity index is 154. The average Bonchev–Trinajstić information content (AvgIpc) is 1.85. The second kappa shape index (κ2) is 5.00. The number of hydrogen-bond acceptors (Lipinski definition) is 1. The molecule has 0 saturated heterocycles. The lowest BCUT2D eigenvalue weighted by Crippen LogP contribution is -1.98. The highest BCUT2D eigenvalue weighted by Crippen LogP contribution is 2.00. The maximum atomic E-state index is 5.32. The van der Waals surface area contributed by atoms with Crippen LogP contribution in [0.25, 0.3) is 0 Å². The molecule has 0 radical (unpaired) electrons. The van der Waals surface area contributed by atoms with Crippen LogP contribution in [-0.4, -0.2) is 6.54 Å². The Morgan fingerprint density at radius 2 is 2.00 bits per heavy atom. The van der Waals surface area contributed by atoms with E-state index in [1.165, 1.54) is 0 Å². The molecule has 0 saturated carbocycles. The zero-order chi connectivity index (χ0) is 7.98. The van der Waals surface area contributed by atoms with Crippen molar-refractivity contribution in [2.45, 2.75) is 13.3 Å². The molecule has 0 atom stereocenters. The lowest BCUT2D eigenvalue weighted by Gasteiger charge is -1.93. The van der Waals surface area contributed by atoms with Crippen molar-refractivity contribution in [2.75, 3.05) is 6.54 Å². The molecule has 0 unspecified atom stereocenters. The molecule has 0 spiro atoms. The van der Waals surface area contributed by atoms with Gasteiger partial charge in [0.15, 0.2) is 0 Å². The Morgan fingerprint density at radius 1 is 1.40 bits per heavy atom. The molecule has 0 amide bonds. The van der Waals surface area contributed by atoms with Crippen LogP contribution in [0.5, 0.6) is 0 Å². The smallest absolute Gasteiger partial charge is 0.00369 e. The Labute approximate surface area is 62.9 Å². The molecular formula is C9H15N. The van der Waals surface area contributed by atoms with Gasteiger partial charge in [-0.15, -0.1) is 0 Å². The van der Waals surface area contributed by atoms with Crippen LogP contribution in [0.3, 0.4) is 0 Å². The fourth-order valence-electron chi connectivity index (χ4n) is 0.529. The number of hydrogen-bond donors (Lipinski definition) is 1. The van der Waals surface area contributed by atoms with Crippen molar-refractivity contribution >= 4 is 0 Å². The third-order valence-corrected chi connectivity index (χ3v) is 1.07. The molecule has 0 fully saturated rings. The topological polar surface area (TPSA) is 26.0 Å². The third-order valence-electron chi connectivity index (χ3n) is 1.07. The lowest BCUT2D eigenvalue weighted by molar-refractivity contribution is 0.977. The van der Waals surface area contributed by atoms with E-state index in [0.717, 1.165) is 17.6 Å². The van der Waals surface area contributed by atoms with Crippen molar-refractivity contribution in [3.8, 4) is 0 Å². The normalized spacial score (nSPS) is 10.2. The summed E-state index contributed by atoms with van der Waals surface area (Å²) in [6, 6.07) is 0. The van der Waals surface area contributed by atoms with Crippen molar-refractivity contribution in [2.24, 2.45) is 5.73 Å². The summed E-state index contributed by atoms with van der Waals surface area (Å²) in [6.07, 6.45) is 4.76. The Balaban J connectivity index is 3.67. The average molecular weight is 137 g/mol. The van der Waals surface area contributed by atoms with Crippen LogP contribution in [0.15, 0.2) is 36.5 Å². The first kappa shape index (κ1) is 9.18. The molecular weight excluding hydrogens is 122 g/mol. The predicted molar refractivity (Wildman–Crippen MR) is 46.8 cm³/mol. The minimum atomic E-state index is 0.666. The van der Waals surface area contributed by atoms with Gasteiger partial charge in [-0.1, -0.05) is 36.5 Å². The van der Waals surface area contributed by atoms with E-state index >= 15 is 0 Å². The molecule has 0 aromatic carbocycles. The highest BCUT2D eigenvalue weighted by Gasteiger charge is 1.83. The van der Waals surface area contributed by atoms with Crippen LogP contribution < -0.4 is 5.73 Å². The molecule has 10 heavy (non-hydrogen) atoms. The van der Waals surface area contributed by atoms with Gasteiger partial charge in [-0.3, -0.25) is 0 Å². The summed E-state index contributed by atoms with van der Waals surface area (Å²) in [7, 11) is 0. The number of nitrogens with two attached hydrogens (primary N) is 1. The zero-order valence-electron chi connectivity index (χ0n) is 6.56. The molecule has 56 valence electrons. The van der Waals surface area contributed by atoms with Crippen molar-refractivity contribution < 1.29 is 0 Å². The van der Waals surface area contributed by atoms with Crippen LogP contribution in [0, 0.1) is 0 Å². The van der Waals surface area contributed by atoms with E-state index in [2.05, 4.69) is 13.2 Å². The molecule has 0 heterocycles. The molecule has 0 aromatic rings. The molecule has 0 aliphatic rings. The molecule has 0 bridgehead atoms. The van der Waals surface area contributed by atoms with Crippen molar-refractivity contribution in [1.29, 1.82) is 0 Å². The van der Waals surface area contributed by atoms with E-state index in [0.29, 0.717) is 6.54 Å². The Kier molecular flexibility index (Phi) is 4.59. The molecule has 0 rings (SSSR count). The van der Waals surface area contributed by atoms with E-state index in [1.807, 2.05) is 19.1 Å². The Morgan fingerprint density at radius 3 is 2.40 bits per heavy atom. The first-order chi connectivity index (χ1) is 4.66. The minimum absolute atomic E-state index is 0.666. The van der Waals surface area contributed by atoms with Crippen LogP contribution >= 0.6 is 0 Å². The molecule has 1 heteroatoms. The van der Waals surface area contributed by atoms with Gasteiger partial charge in [0.25, 0.3) is 0 Å². The van der Waals surface area contributed by atoms with Crippen LogP contribution in [0.1, 0.15) is 13.3 Å². The van der Waals surface area contributed by atoms with Gasteiger partial charge in [-0.2, -0.15) is 0 Å². The standard InChI is InChI=1S/C9H15N/c1-8(2)4-5-9(3)6-7-10/h4-5H,1,3,6-7,10H2,2H3/b5-4-. The summed E-state index contributed by atoms with van der Waals surface area (Å²) in [6.45, 7) is 10.2. The van der Waals surface area contributed by atoms with Gasteiger partial charge in [-0.25, -0.2) is 0 Å². The zero-order valence-corrected chi connectivity index (χ0v) is 6.56. The summed E-state index contributed by atoms with van der Waals surface area (Å²) in [5.74, 6) is 0. The second-order valence-corrected chi connectivity index (χ2v) is 2.38. The number of rotatable bonds is 4. The van der Waals surface area contributed by atoms with Crippen LogP contribution in [0.4, 0.5) is 0 Å². The van der Waals surface area contributed by atoms with Gasteiger partial charge < -0.3 is 5.73 Å². The largest absolute Gasteiger partial charge is 0.330 e. The van der Waals surface area contributed by atoms with E-state index in [1.54, 1.807) is 0 Å². The van der Waals surface area contributed by atoms with Crippen molar-refractivity contribution in [1.82, 2.24) is 0 Å². The monoisotopic (exact) mass is 137 g/mol. The van der Waals surface area contributed by atoms with E-state index < -0.39 is 0 Å². The van der Waals surface area contributed by atoms with Crippen LogP contribution in [0.2, 0.25) is 0 Å². The van der Waals surface area contributed by atoms with Gasteiger partial charge in [0.1, 0.15) is 0 Å². The summed E-state index contributed by atoms with van der Waals surface area (Å²) >= 11 is 0. The van der Waals surface area contributed by atoms with Crippen molar-refractivity contribution in [3.63, 3.8) is 0 Å². The first-order valence-electron chi connectivity index (χ1n) is 3.38. The van der Waals surface area contributed by atoms with Gasteiger partial charge in [0, 0.05) is 0 Å². The molecule has 2 N–H and O–H groups in total. The summed E-state index contributed by atoms with van der Waals surface area (Å²) < 4.78 is 0. The molecule has 0 aromatic heterocycles. The van der Waals surface area contributed by atoms with Gasteiger partial charge >= 0.3 is 0 Å². The first-order valence-corrected chi connectivity index (χ1v) is 3.38.